The molecule has 1 nitrogen and oxygen atoms in total. The van der Waals surface area contributed by atoms with E-state index in [1.165, 1.54) is 30.4 Å². The van der Waals surface area contributed by atoms with Gasteiger partial charge in [-0.05, 0) is 43.3 Å². The molecule has 2 unspecified atom stereocenters. The molecule has 1 heterocycles. The van der Waals surface area contributed by atoms with Gasteiger partial charge in [-0.15, -0.1) is 0 Å². The van der Waals surface area contributed by atoms with Crippen molar-refractivity contribution in [3.63, 3.8) is 0 Å². The Morgan fingerprint density at radius 1 is 1.27 bits per heavy atom. The van der Waals surface area contributed by atoms with Gasteiger partial charge >= 0.3 is 0 Å². The van der Waals surface area contributed by atoms with Gasteiger partial charge in [-0.2, -0.15) is 0 Å². The van der Waals surface area contributed by atoms with Gasteiger partial charge in [0.05, 0.1) is 5.25 Å². The number of fused-ring (bicyclic) bond motifs is 2. The first-order valence-electron chi connectivity index (χ1n) is 5.82. The molecular weight excluding hydrogens is 204 g/mol. The van der Waals surface area contributed by atoms with E-state index in [1.54, 1.807) is 5.57 Å². The summed E-state index contributed by atoms with van der Waals surface area (Å²) in [5.41, 5.74) is 4.45. The van der Waals surface area contributed by atoms with Crippen LogP contribution in [0.3, 0.4) is 0 Å². The topological polar surface area (TPSA) is 17.1 Å². The lowest BCUT2D eigenvalue weighted by Gasteiger charge is -2.32. The SMILES string of the molecule is O=S1CCC=C2C3=C(CCC=C3)CCC21. The zero-order valence-electron chi connectivity index (χ0n) is 8.87. The van der Waals surface area contributed by atoms with Crippen LogP contribution in [0.15, 0.2) is 34.9 Å². The van der Waals surface area contributed by atoms with Crippen LogP contribution in [0, 0.1) is 0 Å². The van der Waals surface area contributed by atoms with E-state index in [1.807, 2.05) is 0 Å². The fourth-order valence-electron chi connectivity index (χ4n) is 2.89. The van der Waals surface area contributed by atoms with Gasteiger partial charge in [-0.1, -0.05) is 23.8 Å². The summed E-state index contributed by atoms with van der Waals surface area (Å²) in [6.45, 7) is 0. The zero-order valence-corrected chi connectivity index (χ0v) is 9.69. The fourth-order valence-corrected chi connectivity index (χ4v) is 4.41. The second kappa shape index (κ2) is 3.75. The van der Waals surface area contributed by atoms with Crippen molar-refractivity contribution in [3.8, 4) is 0 Å². The summed E-state index contributed by atoms with van der Waals surface area (Å²) in [5, 5.41) is 0.347. The Bertz CT molecular complexity index is 401. The monoisotopic (exact) mass is 220 g/mol. The van der Waals surface area contributed by atoms with E-state index in [-0.39, 0.29) is 0 Å². The summed E-state index contributed by atoms with van der Waals surface area (Å²) in [5.74, 6) is 0.875. The summed E-state index contributed by atoms with van der Waals surface area (Å²) in [6, 6.07) is 0. The summed E-state index contributed by atoms with van der Waals surface area (Å²) in [7, 11) is -0.608. The first-order chi connectivity index (χ1) is 7.36. The molecule has 15 heavy (non-hydrogen) atoms. The van der Waals surface area contributed by atoms with E-state index in [2.05, 4.69) is 18.2 Å². The molecule has 0 spiro atoms. The van der Waals surface area contributed by atoms with Crippen molar-refractivity contribution >= 4 is 10.8 Å². The Hall–Kier alpha value is -0.630. The maximum Gasteiger partial charge on any atom is 0.0602 e. The Labute approximate surface area is 93.4 Å². The van der Waals surface area contributed by atoms with E-state index in [9.17, 15) is 4.21 Å². The van der Waals surface area contributed by atoms with Crippen molar-refractivity contribution in [2.24, 2.45) is 0 Å². The number of rotatable bonds is 0. The maximum absolute atomic E-state index is 11.9. The zero-order chi connectivity index (χ0) is 10.3. The van der Waals surface area contributed by atoms with Crippen molar-refractivity contribution in [1.82, 2.24) is 0 Å². The Morgan fingerprint density at radius 2 is 2.20 bits per heavy atom. The highest BCUT2D eigenvalue weighted by atomic mass is 32.2. The first-order valence-corrected chi connectivity index (χ1v) is 7.20. The lowest BCUT2D eigenvalue weighted by atomic mass is 9.81. The van der Waals surface area contributed by atoms with E-state index >= 15 is 0 Å². The smallest absolute Gasteiger partial charge is 0.0602 e. The van der Waals surface area contributed by atoms with Crippen LogP contribution in [-0.2, 0) is 10.8 Å². The number of allylic oxidation sites excluding steroid dienone is 5. The minimum absolute atomic E-state index is 0.347. The molecule has 0 saturated heterocycles. The third-order valence-electron chi connectivity index (χ3n) is 3.65. The molecule has 3 rings (SSSR count). The van der Waals surface area contributed by atoms with Gasteiger partial charge in [0.2, 0.25) is 0 Å². The lowest BCUT2D eigenvalue weighted by molar-refractivity contribution is 0.653. The van der Waals surface area contributed by atoms with Crippen LogP contribution in [0.5, 0.6) is 0 Å². The molecule has 2 heteroatoms. The average Bonchev–Trinajstić information content (AvgIpc) is 2.29. The predicted molar refractivity (Wildman–Crippen MR) is 64.1 cm³/mol. The molecule has 0 aromatic rings. The summed E-state index contributed by atoms with van der Waals surface area (Å²) < 4.78 is 11.9. The first kappa shape index (κ1) is 9.59. The summed E-state index contributed by atoms with van der Waals surface area (Å²) >= 11 is 0. The van der Waals surface area contributed by atoms with Crippen LogP contribution in [0.25, 0.3) is 0 Å². The fraction of sp³-hybridized carbons (Fsp3) is 0.538. The Kier molecular flexibility index (Phi) is 2.39. The van der Waals surface area contributed by atoms with Crippen molar-refractivity contribution < 1.29 is 4.21 Å². The third kappa shape index (κ3) is 1.55. The molecule has 80 valence electrons. The molecule has 0 fully saturated rings. The number of hydrogen-bond acceptors (Lipinski definition) is 1. The van der Waals surface area contributed by atoms with Crippen molar-refractivity contribution in [2.75, 3.05) is 5.75 Å². The molecule has 2 atom stereocenters. The highest BCUT2D eigenvalue weighted by Crippen LogP contribution is 2.39. The molecule has 1 aliphatic heterocycles. The van der Waals surface area contributed by atoms with E-state index < -0.39 is 10.8 Å². The summed E-state index contributed by atoms with van der Waals surface area (Å²) in [6.07, 6.45) is 12.6. The van der Waals surface area contributed by atoms with Crippen LogP contribution in [0.2, 0.25) is 0 Å². The van der Waals surface area contributed by atoms with Gasteiger partial charge in [-0.3, -0.25) is 4.21 Å². The maximum atomic E-state index is 11.9. The van der Waals surface area contributed by atoms with Gasteiger partial charge in [0.25, 0.3) is 0 Å². The van der Waals surface area contributed by atoms with Gasteiger partial charge in [-0.25, -0.2) is 0 Å². The molecule has 3 aliphatic rings. The average molecular weight is 220 g/mol. The van der Waals surface area contributed by atoms with Crippen LogP contribution in [-0.4, -0.2) is 15.2 Å². The van der Waals surface area contributed by atoms with Crippen LogP contribution in [0.4, 0.5) is 0 Å². The normalized spacial score (nSPS) is 34.5. The molecule has 0 radical (unpaired) electrons. The third-order valence-corrected chi connectivity index (χ3v) is 5.41. The van der Waals surface area contributed by atoms with E-state index in [4.69, 9.17) is 0 Å². The minimum Gasteiger partial charge on any atom is -0.259 e. The van der Waals surface area contributed by atoms with Crippen LogP contribution < -0.4 is 0 Å². The van der Waals surface area contributed by atoms with Crippen LogP contribution >= 0.6 is 0 Å². The Morgan fingerprint density at radius 3 is 3.13 bits per heavy atom. The van der Waals surface area contributed by atoms with Gasteiger partial charge in [0.1, 0.15) is 0 Å². The van der Waals surface area contributed by atoms with Gasteiger partial charge in [0.15, 0.2) is 0 Å². The molecule has 0 saturated carbocycles. The second-order valence-electron chi connectivity index (χ2n) is 4.52. The molecule has 2 aliphatic carbocycles. The molecule has 0 bridgehead atoms. The lowest BCUT2D eigenvalue weighted by Crippen LogP contribution is -2.28. The molecule has 0 N–H and O–H groups in total. The van der Waals surface area contributed by atoms with Crippen molar-refractivity contribution in [3.05, 3.63) is 34.9 Å². The van der Waals surface area contributed by atoms with Gasteiger partial charge < -0.3 is 0 Å². The molecule has 0 amide bonds. The Balaban J connectivity index is 2.05. The highest BCUT2D eigenvalue weighted by Gasteiger charge is 2.31. The highest BCUT2D eigenvalue weighted by molar-refractivity contribution is 7.85. The van der Waals surface area contributed by atoms with Crippen molar-refractivity contribution in [1.29, 1.82) is 0 Å². The van der Waals surface area contributed by atoms with E-state index in [0.29, 0.717) is 5.25 Å². The quantitative estimate of drug-likeness (QED) is 0.613. The standard InChI is InChI=1S/C13H16OS/c14-15-9-3-6-12-11-5-2-1-4-10(11)7-8-13(12)15/h2,5-6,13H,1,3-4,7-9H2. The van der Waals surface area contributed by atoms with E-state index in [0.717, 1.165) is 18.6 Å². The largest absolute Gasteiger partial charge is 0.259 e. The van der Waals surface area contributed by atoms with Gasteiger partial charge in [0, 0.05) is 16.6 Å². The predicted octanol–water partition coefficient (Wildman–Crippen LogP) is 2.87. The molecular formula is C13H16OS. The molecule has 0 aromatic heterocycles. The van der Waals surface area contributed by atoms with Crippen molar-refractivity contribution in [2.45, 2.75) is 37.4 Å². The second-order valence-corrected chi connectivity index (χ2v) is 6.26. The van der Waals surface area contributed by atoms with Crippen LogP contribution in [0.1, 0.15) is 32.1 Å². The summed E-state index contributed by atoms with van der Waals surface area (Å²) in [4.78, 5) is 0. The minimum atomic E-state index is -0.608. The molecule has 0 aromatic carbocycles. The number of hydrogen-bond donors (Lipinski definition) is 0.